The van der Waals surface area contributed by atoms with E-state index in [1.807, 2.05) is 24.3 Å². The van der Waals surface area contributed by atoms with Crippen LogP contribution >= 0.6 is 11.6 Å². The number of fused-ring (bicyclic) bond motifs is 2. The van der Waals surface area contributed by atoms with Gasteiger partial charge in [-0.25, -0.2) is 0 Å². The highest BCUT2D eigenvalue weighted by Gasteiger charge is 2.39. The molecule has 8 heteroatoms. The SMILES string of the molecule is O=C(NCC12CCCC(CCC1)C2)c1cc(-c2cccnc2-c2nn[nH]n2)ccc1Cl. The number of aromatic amines is 1. The van der Waals surface area contributed by atoms with Crippen molar-refractivity contribution in [2.75, 3.05) is 6.54 Å². The van der Waals surface area contributed by atoms with Crippen molar-refractivity contribution in [1.82, 2.24) is 30.9 Å². The van der Waals surface area contributed by atoms with Gasteiger partial charge in [0.05, 0.1) is 10.6 Å². The van der Waals surface area contributed by atoms with Crippen molar-refractivity contribution >= 4 is 17.5 Å². The minimum absolute atomic E-state index is 0.126. The third-order valence-electron chi connectivity index (χ3n) is 6.87. The molecule has 160 valence electrons. The number of benzene rings is 1. The molecule has 0 aliphatic heterocycles. The molecule has 0 atom stereocenters. The summed E-state index contributed by atoms with van der Waals surface area (Å²) < 4.78 is 0. The zero-order valence-electron chi connectivity index (χ0n) is 17.3. The Balaban J connectivity index is 1.39. The van der Waals surface area contributed by atoms with Gasteiger partial charge in [-0.15, -0.1) is 10.2 Å². The van der Waals surface area contributed by atoms with Crippen molar-refractivity contribution in [2.45, 2.75) is 44.9 Å². The standard InChI is InChI=1S/C23H25ClN6O/c24-19-8-7-16(17-6-3-11-25-20(17)21-27-29-30-28-21)12-18(19)22(31)26-14-23-9-1-4-15(13-23)5-2-10-23/h3,6-8,11-12,15H,1-2,4-5,9-10,13-14H2,(H,26,31)(H,27,28,29,30). The average Bonchev–Trinajstić information content (AvgIpc) is 3.33. The second-order valence-corrected chi connectivity index (χ2v) is 9.27. The maximum atomic E-state index is 13.1. The van der Waals surface area contributed by atoms with E-state index in [-0.39, 0.29) is 11.3 Å². The van der Waals surface area contributed by atoms with Crippen molar-refractivity contribution in [2.24, 2.45) is 11.3 Å². The smallest absolute Gasteiger partial charge is 0.252 e. The Morgan fingerprint density at radius 1 is 1.23 bits per heavy atom. The van der Waals surface area contributed by atoms with E-state index in [0.29, 0.717) is 22.1 Å². The number of pyridine rings is 1. The number of amides is 1. The van der Waals surface area contributed by atoms with Gasteiger partial charge in [-0.3, -0.25) is 9.78 Å². The van der Waals surface area contributed by atoms with E-state index in [2.05, 4.69) is 30.9 Å². The van der Waals surface area contributed by atoms with Crippen LogP contribution in [0.15, 0.2) is 36.5 Å². The third kappa shape index (κ3) is 4.06. The number of tetrazole rings is 1. The van der Waals surface area contributed by atoms with Crippen LogP contribution in [-0.2, 0) is 0 Å². The number of aromatic nitrogens is 5. The van der Waals surface area contributed by atoms with Gasteiger partial charge < -0.3 is 5.32 Å². The van der Waals surface area contributed by atoms with Crippen LogP contribution in [0, 0.1) is 11.3 Å². The normalized spacial score (nSPS) is 22.8. The molecule has 2 aromatic heterocycles. The first-order valence-electron chi connectivity index (χ1n) is 10.9. The molecule has 5 rings (SSSR count). The molecule has 2 fully saturated rings. The molecule has 1 amide bonds. The number of rotatable bonds is 5. The number of nitrogens with zero attached hydrogens (tertiary/aromatic N) is 4. The first-order valence-corrected chi connectivity index (χ1v) is 11.3. The minimum Gasteiger partial charge on any atom is -0.351 e. The molecular weight excluding hydrogens is 412 g/mol. The van der Waals surface area contributed by atoms with Gasteiger partial charge in [0.15, 0.2) is 0 Å². The molecule has 0 unspecified atom stereocenters. The van der Waals surface area contributed by atoms with Crippen molar-refractivity contribution in [3.05, 3.63) is 47.1 Å². The molecular formula is C23H25ClN6O. The molecule has 3 aromatic rings. The van der Waals surface area contributed by atoms with E-state index >= 15 is 0 Å². The van der Waals surface area contributed by atoms with Crippen molar-refractivity contribution in [1.29, 1.82) is 0 Å². The fraction of sp³-hybridized carbons (Fsp3) is 0.435. The van der Waals surface area contributed by atoms with Gasteiger partial charge in [0.2, 0.25) is 5.82 Å². The fourth-order valence-corrected chi connectivity index (χ4v) is 5.58. The molecule has 31 heavy (non-hydrogen) atoms. The zero-order valence-corrected chi connectivity index (χ0v) is 18.0. The Hall–Kier alpha value is -2.80. The molecule has 2 aliphatic rings. The summed E-state index contributed by atoms with van der Waals surface area (Å²) in [5.41, 5.74) is 2.98. The average molecular weight is 437 g/mol. The minimum atomic E-state index is -0.126. The summed E-state index contributed by atoms with van der Waals surface area (Å²) in [4.78, 5) is 17.5. The van der Waals surface area contributed by atoms with Crippen LogP contribution in [0.25, 0.3) is 22.6 Å². The van der Waals surface area contributed by atoms with Gasteiger partial charge >= 0.3 is 0 Å². The van der Waals surface area contributed by atoms with Crippen LogP contribution in [0.2, 0.25) is 5.02 Å². The fourth-order valence-electron chi connectivity index (χ4n) is 5.38. The van der Waals surface area contributed by atoms with Crippen molar-refractivity contribution in [3.8, 4) is 22.6 Å². The van der Waals surface area contributed by atoms with Gasteiger partial charge in [0.25, 0.3) is 5.91 Å². The Labute approximate surface area is 186 Å². The van der Waals surface area contributed by atoms with Gasteiger partial charge in [0.1, 0.15) is 5.69 Å². The van der Waals surface area contributed by atoms with Gasteiger partial charge in [0, 0.05) is 18.3 Å². The lowest BCUT2D eigenvalue weighted by molar-refractivity contribution is 0.0682. The number of carbonyl (C=O) groups excluding carboxylic acids is 1. The van der Waals surface area contributed by atoms with Crippen LogP contribution in [0.4, 0.5) is 0 Å². The Morgan fingerprint density at radius 3 is 2.84 bits per heavy atom. The lowest BCUT2D eigenvalue weighted by Gasteiger charge is -2.45. The molecule has 2 saturated carbocycles. The summed E-state index contributed by atoms with van der Waals surface area (Å²) >= 11 is 6.43. The largest absolute Gasteiger partial charge is 0.351 e. The number of nitrogens with one attached hydrogen (secondary N) is 2. The summed E-state index contributed by atoms with van der Waals surface area (Å²) in [5.74, 6) is 1.11. The summed E-state index contributed by atoms with van der Waals surface area (Å²) in [6, 6.07) is 9.22. The quantitative estimate of drug-likeness (QED) is 0.605. The van der Waals surface area contributed by atoms with E-state index in [0.717, 1.165) is 23.6 Å². The zero-order chi connectivity index (χ0) is 21.3. The van der Waals surface area contributed by atoms with Crippen molar-refractivity contribution in [3.63, 3.8) is 0 Å². The van der Waals surface area contributed by atoms with Gasteiger partial charge in [-0.05, 0) is 59.6 Å². The van der Waals surface area contributed by atoms with E-state index < -0.39 is 0 Å². The maximum absolute atomic E-state index is 13.1. The highest BCUT2D eigenvalue weighted by atomic mass is 35.5. The number of carbonyl (C=O) groups is 1. The molecule has 7 nitrogen and oxygen atoms in total. The monoisotopic (exact) mass is 436 g/mol. The van der Waals surface area contributed by atoms with Crippen LogP contribution in [0.3, 0.4) is 0 Å². The molecule has 2 aliphatic carbocycles. The Morgan fingerprint density at radius 2 is 2.06 bits per heavy atom. The van der Waals surface area contributed by atoms with E-state index in [4.69, 9.17) is 11.6 Å². The highest BCUT2D eigenvalue weighted by molar-refractivity contribution is 6.34. The molecule has 1 aromatic carbocycles. The number of hydrogen-bond acceptors (Lipinski definition) is 5. The van der Waals surface area contributed by atoms with Crippen molar-refractivity contribution < 1.29 is 4.79 Å². The summed E-state index contributed by atoms with van der Waals surface area (Å²) in [6.07, 6.45) is 10.6. The van der Waals surface area contributed by atoms with Crippen LogP contribution in [0.5, 0.6) is 0 Å². The first kappa shape index (κ1) is 20.1. The third-order valence-corrected chi connectivity index (χ3v) is 7.20. The maximum Gasteiger partial charge on any atom is 0.252 e. The predicted molar refractivity (Wildman–Crippen MR) is 118 cm³/mol. The molecule has 2 bridgehead atoms. The van der Waals surface area contributed by atoms with E-state index in [9.17, 15) is 4.79 Å². The second kappa shape index (κ2) is 8.38. The van der Waals surface area contributed by atoms with Gasteiger partial charge in [-0.1, -0.05) is 49.4 Å². The highest BCUT2D eigenvalue weighted by Crippen LogP contribution is 2.48. The van der Waals surface area contributed by atoms with Gasteiger partial charge in [-0.2, -0.15) is 5.21 Å². The Bertz CT molecular complexity index is 1070. The molecule has 0 spiro atoms. The second-order valence-electron chi connectivity index (χ2n) is 8.87. The van der Waals surface area contributed by atoms with E-state index in [1.165, 1.54) is 44.9 Å². The molecule has 0 saturated heterocycles. The molecule has 2 N–H and O–H groups in total. The lowest BCUT2D eigenvalue weighted by atomic mass is 9.62. The van der Waals surface area contributed by atoms with E-state index in [1.54, 1.807) is 12.3 Å². The summed E-state index contributed by atoms with van der Waals surface area (Å²) in [6.45, 7) is 0.726. The number of H-pyrrole nitrogens is 1. The number of hydrogen-bond donors (Lipinski definition) is 2. The summed E-state index contributed by atoms with van der Waals surface area (Å²) in [7, 11) is 0. The predicted octanol–water partition coefficient (Wildman–Crippen LogP) is 4.67. The summed E-state index contributed by atoms with van der Waals surface area (Å²) in [5, 5.41) is 17.8. The van der Waals surface area contributed by atoms with Crippen LogP contribution < -0.4 is 5.32 Å². The first-order chi connectivity index (χ1) is 15.1. The Kier molecular flexibility index (Phi) is 5.44. The van der Waals surface area contributed by atoms with Crippen LogP contribution in [-0.4, -0.2) is 38.1 Å². The number of halogens is 1. The molecule has 2 heterocycles. The topological polar surface area (TPSA) is 96.5 Å². The molecule has 0 radical (unpaired) electrons. The lowest BCUT2D eigenvalue weighted by Crippen LogP contribution is -2.43. The van der Waals surface area contributed by atoms with Crippen LogP contribution in [0.1, 0.15) is 55.3 Å².